The minimum Gasteiger partial charge on any atom is -0.480 e. The van der Waals surface area contributed by atoms with E-state index in [1.54, 1.807) is 18.2 Å². The summed E-state index contributed by atoms with van der Waals surface area (Å²) in [6.07, 6.45) is 2.80. The Morgan fingerprint density at radius 2 is 1.83 bits per heavy atom. The van der Waals surface area contributed by atoms with Gasteiger partial charge in [-0.05, 0) is 29.8 Å². The van der Waals surface area contributed by atoms with Gasteiger partial charge in [-0.25, -0.2) is 0 Å². The molecule has 1 N–H and O–H groups in total. The van der Waals surface area contributed by atoms with Gasteiger partial charge in [0.1, 0.15) is 6.54 Å². The zero-order valence-corrected chi connectivity index (χ0v) is 11.1. The minimum absolute atomic E-state index is 0.348. The molecule has 18 heavy (non-hydrogen) atoms. The van der Waals surface area contributed by atoms with Gasteiger partial charge in [-0.15, -0.1) is 0 Å². The van der Waals surface area contributed by atoms with E-state index in [4.69, 9.17) is 28.3 Å². The Balaban J connectivity index is 2.74. The lowest BCUT2D eigenvalue weighted by Gasteiger charge is -2.11. The molecule has 0 saturated carbocycles. The average molecular weight is 288 g/mol. The molecule has 0 aromatic heterocycles. The van der Waals surface area contributed by atoms with Crippen LogP contribution in [0.3, 0.4) is 0 Å². The van der Waals surface area contributed by atoms with E-state index < -0.39 is 11.9 Å². The number of nitrogens with zero attached hydrogens (tertiary/aromatic N) is 1. The van der Waals surface area contributed by atoms with Crippen LogP contribution in [-0.4, -0.2) is 35.5 Å². The molecule has 6 heteroatoms. The molecule has 1 rings (SSSR count). The lowest BCUT2D eigenvalue weighted by molar-refractivity contribution is -0.141. The Morgan fingerprint density at radius 1 is 1.28 bits per heavy atom. The summed E-state index contributed by atoms with van der Waals surface area (Å²) in [4.78, 5) is 23.0. The van der Waals surface area contributed by atoms with Crippen molar-refractivity contribution in [3.8, 4) is 0 Å². The summed E-state index contributed by atoms with van der Waals surface area (Å²) in [6.45, 7) is -0.348. The van der Waals surface area contributed by atoms with E-state index in [1.807, 2.05) is 0 Å². The molecular weight excluding hydrogens is 277 g/mol. The zero-order valence-electron chi connectivity index (χ0n) is 9.56. The molecule has 1 amide bonds. The molecule has 1 aromatic rings. The van der Waals surface area contributed by atoms with Crippen LogP contribution in [0.25, 0.3) is 6.08 Å². The van der Waals surface area contributed by atoms with Crippen LogP contribution in [0.5, 0.6) is 0 Å². The first kappa shape index (κ1) is 14.5. The molecular formula is C12H11Cl2NO3. The van der Waals surface area contributed by atoms with Crippen LogP contribution < -0.4 is 0 Å². The Labute approximate surface area is 114 Å². The van der Waals surface area contributed by atoms with Crippen molar-refractivity contribution < 1.29 is 14.7 Å². The highest BCUT2D eigenvalue weighted by molar-refractivity contribution is 6.34. The van der Waals surface area contributed by atoms with Crippen molar-refractivity contribution in [3.05, 3.63) is 39.9 Å². The monoisotopic (exact) mass is 287 g/mol. The molecule has 0 aliphatic heterocycles. The van der Waals surface area contributed by atoms with Gasteiger partial charge in [0, 0.05) is 23.2 Å². The van der Waals surface area contributed by atoms with Crippen molar-refractivity contribution >= 4 is 41.2 Å². The molecule has 0 heterocycles. The van der Waals surface area contributed by atoms with Gasteiger partial charge >= 0.3 is 5.97 Å². The number of carbonyl (C=O) groups is 2. The van der Waals surface area contributed by atoms with Crippen LogP contribution in [0.1, 0.15) is 5.56 Å². The summed E-state index contributed by atoms with van der Waals surface area (Å²) in [5.41, 5.74) is 0.671. The van der Waals surface area contributed by atoms with Gasteiger partial charge in [0.15, 0.2) is 0 Å². The van der Waals surface area contributed by atoms with Crippen LogP contribution in [0, 0.1) is 0 Å². The van der Waals surface area contributed by atoms with Gasteiger partial charge in [0.25, 0.3) is 0 Å². The third-order valence-electron chi connectivity index (χ3n) is 2.05. The fraction of sp³-hybridized carbons (Fsp3) is 0.167. The molecule has 0 fully saturated rings. The highest BCUT2D eigenvalue weighted by Gasteiger charge is 2.08. The van der Waals surface area contributed by atoms with E-state index in [2.05, 4.69) is 0 Å². The van der Waals surface area contributed by atoms with Crippen molar-refractivity contribution in [1.29, 1.82) is 0 Å². The molecule has 0 saturated heterocycles. The van der Waals surface area contributed by atoms with Crippen molar-refractivity contribution in [1.82, 2.24) is 4.90 Å². The molecule has 0 radical (unpaired) electrons. The number of rotatable bonds is 4. The Kier molecular flexibility index (Phi) is 5.19. The third-order valence-corrected chi connectivity index (χ3v) is 2.49. The summed E-state index contributed by atoms with van der Waals surface area (Å²) in [5.74, 6) is -1.47. The third kappa shape index (κ3) is 4.77. The first-order chi connectivity index (χ1) is 8.38. The van der Waals surface area contributed by atoms with Crippen LogP contribution in [-0.2, 0) is 9.59 Å². The van der Waals surface area contributed by atoms with Crippen molar-refractivity contribution in [2.75, 3.05) is 13.6 Å². The minimum atomic E-state index is -1.06. The summed E-state index contributed by atoms with van der Waals surface area (Å²) in [5, 5.41) is 9.47. The number of hydrogen-bond donors (Lipinski definition) is 1. The number of halogens is 2. The zero-order chi connectivity index (χ0) is 13.7. The number of hydrogen-bond acceptors (Lipinski definition) is 2. The van der Waals surface area contributed by atoms with Crippen LogP contribution >= 0.6 is 23.2 Å². The van der Waals surface area contributed by atoms with Gasteiger partial charge in [0.05, 0.1) is 0 Å². The van der Waals surface area contributed by atoms with Gasteiger partial charge in [0.2, 0.25) is 5.91 Å². The second kappa shape index (κ2) is 6.42. The van der Waals surface area contributed by atoms with Crippen molar-refractivity contribution in [2.24, 2.45) is 0 Å². The fourth-order valence-electron chi connectivity index (χ4n) is 1.25. The van der Waals surface area contributed by atoms with Crippen molar-refractivity contribution in [2.45, 2.75) is 0 Å². The molecule has 0 atom stereocenters. The number of likely N-dealkylation sites (N-methyl/N-ethyl adjacent to an activating group) is 1. The highest BCUT2D eigenvalue weighted by Crippen LogP contribution is 2.19. The summed E-state index contributed by atoms with van der Waals surface area (Å²) in [7, 11) is 1.41. The number of carboxylic acids is 1. The lowest BCUT2D eigenvalue weighted by atomic mass is 10.2. The highest BCUT2D eigenvalue weighted by atomic mass is 35.5. The maximum atomic E-state index is 11.5. The fourth-order valence-corrected chi connectivity index (χ4v) is 1.79. The lowest BCUT2D eigenvalue weighted by Crippen LogP contribution is -2.30. The van der Waals surface area contributed by atoms with Crippen LogP contribution in [0.2, 0.25) is 10.0 Å². The van der Waals surface area contributed by atoms with Crippen LogP contribution in [0.15, 0.2) is 24.3 Å². The SMILES string of the molecule is CN(CC(=O)O)C(=O)/C=C/c1cc(Cl)cc(Cl)c1. The van der Waals surface area contributed by atoms with Gasteiger partial charge < -0.3 is 10.0 Å². The second-order valence-corrected chi connectivity index (χ2v) is 4.50. The molecule has 4 nitrogen and oxygen atoms in total. The van der Waals surface area contributed by atoms with E-state index in [0.717, 1.165) is 4.90 Å². The summed E-state index contributed by atoms with van der Waals surface area (Å²) in [6, 6.07) is 4.88. The number of carboxylic acid groups (broad SMARTS) is 1. The van der Waals surface area contributed by atoms with Gasteiger partial charge in [-0.2, -0.15) is 0 Å². The molecule has 0 aliphatic rings. The molecule has 1 aromatic carbocycles. The smallest absolute Gasteiger partial charge is 0.323 e. The largest absolute Gasteiger partial charge is 0.480 e. The predicted molar refractivity (Wildman–Crippen MR) is 70.8 cm³/mol. The number of benzene rings is 1. The van der Waals surface area contributed by atoms with E-state index in [9.17, 15) is 9.59 Å². The Morgan fingerprint density at radius 3 is 2.33 bits per heavy atom. The van der Waals surface area contributed by atoms with E-state index in [-0.39, 0.29) is 6.54 Å². The number of carbonyl (C=O) groups excluding carboxylic acids is 1. The van der Waals surface area contributed by atoms with E-state index in [0.29, 0.717) is 15.6 Å². The summed E-state index contributed by atoms with van der Waals surface area (Å²) < 4.78 is 0. The predicted octanol–water partition coefficient (Wildman–Crippen LogP) is 2.55. The first-order valence-corrected chi connectivity index (χ1v) is 5.75. The summed E-state index contributed by atoms with van der Waals surface area (Å²) >= 11 is 11.6. The van der Waals surface area contributed by atoms with E-state index >= 15 is 0 Å². The number of amides is 1. The Bertz CT molecular complexity index is 480. The number of aliphatic carboxylic acids is 1. The first-order valence-electron chi connectivity index (χ1n) is 4.99. The maximum Gasteiger partial charge on any atom is 0.323 e. The standard InChI is InChI=1S/C12H11Cl2NO3/c1-15(7-12(17)18)11(16)3-2-8-4-9(13)6-10(14)5-8/h2-6H,7H2,1H3,(H,17,18)/b3-2+. The molecule has 0 spiro atoms. The molecule has 0 unspecified atom stereocenters. The normalized spacial score (nSPS) is 10.6. The topological polar surface area (TPSA) is 57.6 Å². The molecule has 0 bridgehead atoms. The quantitative estimate of drug-likeness (QED) is 0.866. The van der Waals surface area contributed by atoms with Gasteiger partial charge in [-0.3, -0.25) is 9.59 Å². The van der Waals surface area contributed by atoms with Crippen LogP contribution in [0.4, 0.5) is 0 Å². The second-order valence-electron chi connectivity index (χ2n) is 3.62. The van der Waals surface area contributed by atoms with E-state index in [1.165, 1.54) is 19.2 Å². The maximum absolute atomic E-state index is 11.5. The van der Waals surface area contributed by atoms with Gasteiger partial charge in [-0.1, -0.05) is 23.2 Å². The van der Waals surface area contributed by atoms with Crippen molar-refractivity contribution in [3.63, 3.8) is 0 Å². The average Bonchev–Trinajstić information content (AvgIpc) is 2.23. The molecule has 96 valence electrons. The Hall–Kier alpha value is -1.52. The molecule has 0 aliphatic carbocycles.